The summed E-state index contributed by atoms with van der Waals surface area (Å²) in [7, 11) is -2.23. The average Bonchev–Trinajstić information content (AvgIpc) is 2.68. The van der Waals surface area contributed by atoms with Gasteiger partial charge in [0.1, 0.15) is 0 Å². The summed E-state index contributed by atoms with van der Waals surface area (Å²) in [5.41, 5.74) is 1.76. The molecule has 8 heteroatoms. The number of nitrogens with zero attached hydrogens (tertiary/aromatic N) is 2. The smallest absolute Gasteiger partial charge is 0.264 e. The summed E-state index contributed by atoms with van der Waals surface area (Å²) in [6, 6.07) is 11.1. The van der Waals surface area contributed by atoms with Gasteiger partial charge in [-0.15, -0.1) is 0 Å². The first kappa shape index (κ1) is 19.7. The van der Waals surface area contributed by atoms with Gasteiger partial charge in [-0.25, -0.2) is 8.42 Å². The number of aryl methyl sites for hydroxylation is 1. The van der Waals surface area contributed by atoms with Crippen molar-refractivity contribution in [2.75, 3.05) is 37.7 Å². The van der Waals surface area contributed by atoms with Crippen LogP contribution in [0.5, 0.6) is 0 Å². The Hall–Kier alpha value is -2.09. The summed E-state index contributed by atoms with van der Waals surface area (Å²) < 4.78 is 32.2. The van der Waals surface area contributed by atoms with E-state index in [1.807, 2.05) is 0 Å². The van der Waals surface area contributed by atoms with Crippen LogP contribution in [0.3, 0.4) is 0 Å². The zero-order valence-electron chi connectivity index (χ0n) is 15.2. The molecule has 0 aliphatic carbocycles. The van der Waals surface area contributed by atoms with Crippen LogP contribution in [0.25, 0.3) is 0 Å². The van der Waals surface area contributed by atoms with Crippen molar-refractivity contribution in [3.63, 3.8) is 0 Å². The Bertz CT molecular complexity index is 939. The molecule has 0 aromatic heterocycles. The predicted molar refractivity (Wildman–Crippen MR) is 105 cm³/mol. The first-order valence-electron chi connectivity index (χ1n) is 8.53. The highest BCUT2D eigenvalue weighted by Crippen LogP contribution is 2.27. The fourth-order valence-corrected chi connectivity index (χ4v) is 4.37. The number of amides is 1. The molecule has 1 saturated heterocycles. The van der Waals surface area contributed by atoms with Crippen molar-refractivity contribution in [1.29, 1.82) is 0 Å². The third-order valence-corrected chi connectivity index (χ3v) is 6.59. The van der Waals surface area contributed by atoms with Gasteiger partial charge in [-0.05, 0) is 55.0 Å². The molecule has 3 rings (SSSR count). The second-order valence-electron chi connectivity index (χ2n) is 6.33. The van der Waals surface area contributed by atoms with Crippen LogP contribution in [0.1, 0.15) is 15.9 Å². The second-order valence-corrected chi connectivity index (χ2v) is 8.74. The first-order chi connectivity index (χ1) is 12.8. The van der Waals surface area contributed by atoms with Gasteiger partial charge >= 0.3 is 0 Å². The molecular formula is C19H21ClN2O4S. The van der Waals surface area contributed by atoms with E-state index in [1.54, 1.807) is 42.2 Å². The zero-order chi connectivity index (χ0) is 19.6. The van der Waals surface area contributed by atoms with Crippen LogP contribution in [0.4, 0.5) is 5.69 Å². The molecule has 1 amide bonds. The van der Waals surface area contributed by atoms with Crippen molar-refractivity contribution < 1.29 is 17.9 Å². The minimum Gasteiger partial charge on any atom is -0.378 e. The lowest BCUT2D eigenvalue weighted by molar-refractivity contribution is 0.0303. The van der Waals surface area contributed by atoms with E-state index >= 15 is 0 Å². The zero-order valence-corrected chi connectivity index (χ0v) is 16.8. The molecule has 0 spiro atoms. The highest BCUT2D eigenvalue weighted by atomic mass is 35.5. The topological polar surface area (TPSA) is 66.9 Å². The summed E-state index contributed by atoms with van der Waals surface area (Å²) in [4.78, 5) is 14.5. The number of anilines is 1. The third-order valence-electron chi connectivity index (χ3n) is 4.55. The Balaban J connectivity index is 1.86. The standard InChI is InChI=1S/C19H21ClN2O4S/c1-14-13-15(19(23)22-9-11-26-12-10-22)3-8-18(14)21(2)27(24,25)17-6-4-16(20)5-7-17/h3-8,13H,9-12H2,1-2H3. The maximum atomic E-state index is 12.9. The Morgan fingerprint density at radius 2 is 1.74 bits per heavy atom. The Morgan fingerprint density at radius 3 is 2.33 bits per heavy atom. The SMILES string of the molecule is Cc1cc(C(=O)N2CCOCC2)ccc1N(C)S(=O)(=O)c1ccc(Cl)cc1. The van der Waals surface area contributed by atoms with Crippen molar-refractivity contribution in [3.8, 4) is 0 Å². The van der Waals surface area contributed by atoms with E-state index in [2.05, 4.69) is 0 Å². The lowest BCUT2D eigenvalue weighted by Crippen LogP contribution is -2.40. The van der Waals surface area contributed by atoms with Gasteiger partial charge in [0.25, 0.3) is 15.9 Å². The van der Waals surface area contributed by atoms with Crippen molar-refractivity contribution in [2.24, 2.45) is 0 Å². The maximum Gasteiger partial charge on any atom is 0.264 e. The van der Waals surface area contributed by atoms with Crippen LogP contribution in [-0.4, -0.2) is 52.6 Å². The predicted octanol–water partition coefficient (Wildman–Crippen LogP) is 2.95. The van der Waals surface area contributed by atoms with Crippen LogP contribution in [0.15, 0.2) is 47.4 Å². The van der Waals surface area contributed by atoms with Gasteiger partial charge in [-0.1, -0.05) is 11.6 Å². The highest BCUT2D eigenvalue weighted by Gasteiger charge is 2.24. The fraction of sp³-hybridized carbons (Fsp3) is 0.316. The summed E-state index contributed by atoms with van der Waals surface area (Å²) in [5, 5.41) is 0.471. The number of hydrogen-bond donors (Lipinski definition) is 0. The number of morpholine rings is 1. The molecule has 1 heterocycles. The number of halogens is 1. The van der Waals surface area contributed by atoms with E-state index in [-0.39, 0.29) is 10.8 Å². The van der Waals surface area contributed by atoms with Gasteiger partial charge in [0.2, 0.25) is 0 Å². The van der Waals surface area contributed by atoms with Crippen LogP contribution >= 0.6 is 11.6 Å². The Morgan fingerprint density at radius 1 is 1.11 bits per heavy atom. The number of benzene rings is 2. The summed E-state index contributed by atoms with van der Waals surface area (Å²) in [5.74, 6) is -0.0730. The molecular weight excluding hydrogens is 388 g/mol. The van der Waals surface area contributed by atoms with Gasteiger partial charge in [-0.3, -0.25) is 9.10 Å². The third kappa shape index (κ3) is 4.10. The monoisotopic (exact) mass is 408 g/mol. The number of ether oxygens (including phenoxy) is 1. The summed E-state index contributed by atoms with van der Waals surface area (Å²) in [6.45, 7) is 3.98. The van der Waals surface area contributed by atoms with Gasteiger partial charge in [0.05, 0.1) is 23.8 Å². The molecule has 6 nitrogen and oxygen atoms in total. The summed E-state index contributed by atoms with van der Waals surface area (Å²) in [6.07, 6.45) is 0. The molecule has 144 valence electrons. The van der Waals surface area contributed by atoms with Gasteiger partial charge in [0, 0.05) is 30.7 Å². The molecule has 1 aliphatic rings. The van der Waals surface area contributed by atoms with Crippen LogP contribution in [-0.2, 0) is 14.8 Å². The molecule has 0 radical (unpaired) electrons. The lowest BCUT2D eigenvalue weighted by atomic mass is 10.1. The van der Waals surface area contributed by atoms with E-state index in [0.717, 1.165) is 0 Å². The van der Waals surface area contributed by atoms with Crippen molar-refractivity contribution in [1.82, 2.24) is 4.90 Å². The molecule has 1 aliphatic heterocycles. The average molecular weight is 409 g/mol. The molecule has 2 aromatic carbocycles. The van der Waals surface area contributed by atoms with Crippen molar-refractivity contribution in [3.05, 3.63) is 58.6 Å². The molecule has 0 N–H and O–H groups in total. The number of sulfonamides is 1. The van der Waals surface area contributed by atoms with Gasteiger partial charge < -0.3 is 9.64 Å². The van der Waals surface area contributed by atoms with E-state index in [4.69, 9.17) is 16.3 Å². The molecule has 2 aromatic rings. The van der Waals surface area contributed by atoms with Crippen molar-refractivity contribution in [2.45, 2.75) is 11.8 Å². The normalized spacial score (nSPS) is 14.9. The Kier molecular flexibility index (Phi) is 5.74. The maximum absolute atomic E-state index is 12.9. The lowest BCUT2D eigenvalue weighted by Gasteiger charge is -2.27. The Labute approximate surface area is 164 Å². The minimum atomic E-state index is -3.72. The highest BCUT2D eigenvalue weighted by molar-refractivity contribution is 7.92. The second kappa shape index (κ2) is 7.88. The molecule has 0 bridgehead atoms. The van der Waals surface area contributed by atoms with E-state index in [1.165, 1.54) is 23.5 Å². The minimum absolute atomic E-state index is 0.0730. The largest absolute Gasteiger partial charge is 0.378 e. The van der Waals surface area contributed by atoms with E-state index in [9.17, 15) is 13.2 Å². The molecule has 0 saturated carbocycles. The van der Waals surface area contributed by atoms with Crippen molar-refractivity contribution >= 4 is 33.2 Å². The fourth-order valence-electron chi connectivity index (χ4n) is 2.98. The van der Waals surface area contributed by atoms with E-state index < -0.39 is 10.0 Å². The number of carbonyl (C=O) groups is 1. The molecule has 27 heavy (non-hydrogen) atoms. The van der Waals surface area contributed by atoms with Crippen LogP contribution < -0.4 is 4.31 Å². The first-order valence-corrected chi connectivity index (χ1v) is 10.3. The van der Waals surface area contributed by atoms with Gasteiger partial charge in [0.15, 0.2) is 0 Å². The number of hydrogen-bond acceptors (Lipinski definition) is 4. The quantitative estimate of drug-likeness (QED) is 0.780. The molecule has 0 unspecified atom stereocenters. The van der Waals surface area contributed by atoms with Gasteiger partial charge in [-0.2, -0.15) is 0 Å². The molecule has 0 atom stereocenters. The van der Waals surface area contributed by atoms with Crippen LogP contribution in [0, 0.1) is 6.92 Å². The van der Waals surface area contributed by atoms with E-state index in [0.29, 0.717) is 48.1 Å². The number of rotatable bonds is 4. The molecule has 1 fully saturated rings. The number of carbonyl (C=O) groups excluding carboxylic acids is 1. The van der Waals surface area contributed by atoms with Crippen LogP contribution in [0.2, 0.25) is 5.02 Å². The summed E-state index contributed by atoms with van der Waals surface area (Å²) >= 11 is 5.84.